The first-order chi connectivity index (χ1) is 13.5. The Morgan fingerprint density at radius 3 is 2.54 bits per heavy atom. The SMILES string of the molecule is Cc1ccn(-c2cc(N3CCN(C(=O)c4ccc([N+](=O)[O-])o4)CC3)ncn2)n1. The van der Waals surface area contributed by atoms with Crippen LogP contribution >= 0.6 is 0 Å². The Balaban J connectivity index is 1.42. The molecule has 3 aromatic rings. The highest BCUT2D eigenvalue weighted by Crippen LogP contribution is 2.20. The summed E-state index contributed by atoms with van der Waals surface area (Å²) in [4.78, 5) is 34.7. The Hall–Kier alpha value is -3.76. The average Bonchev–Trinajstić information content (AvgIpc) is 3.37. The molecule has 1 fully saturated rings. The number of rotatable bonds is 4. The molecule has 1 saturated heterocycles. The zero-order valence-corrected chi connectivity index (χ0v) is 15.1. The molecule has 0 saturated carbocycles. The van der Waals surface area contributed by atoms with Gasteiger partial charge in [0.1, 0.15) is 17.1 Å². The van der Waals surface area contributed by atoms with E-state index in [0.717, 1.165) is 11.5 Å². The molecule has 0 unspecified atom stereocenters. The fourth-order valence-corrected chi connectivity index (χ4v) is 3.01. The van der Waals surface area contributed by atoms with E-state index in [4.69, 9.17) is 4.42 Å². The molecule has 11 heteroatoms. The Bertz CT molecular complexity index is 1020. The number of furan rings is 1. The van der Waals surface area contributed by atoms with Crippen molar-refractivity contribution in [3.8, 4) is 5.82 Å². The Labute approximate surface area is 159 Å². The molecule has 1 aliphatic rings. The lowest BCUT2D eigenvalue weighted by molar-refractivity contribution is -0.402. The van der Waals surface area contributed by atoms with E-state index in [2.05, 4.69) is 20.0 Å². The molecule has 3 aromatic heterocycles. The van der Waals surface area contributed by atoms with Crippen LogP contribution in [0, 0.1) is 17.0 Å². The van der Waals surface area contributed by atoms with E-state index in [9.17, 15) is 14.9 Å². The predicted molar refractivity (Wildman–Crippen MR) is 97.4 cm³/mol. The first-order valence-corrected chi connectivity index (χ1v) is 8.64. The minimum Gasteiger partial charge on any atom is -0.395 e. The summed E-state index contributed by atoms with van der Waals surface area (Å²) < 4.78 is 6.69. The van der Waals surface area contributed by atoms with Crippen molar-refractivity contribution in [1.29, 1.82) is 0 Å². The maximum absolute atomic E-state index is 12.5. The van der Waals surface area contributed by atoms with E-state index >= 15 is 0 Å². The van der Waals surface area contributed by atoms with Gasteiger partial charge < -0.3 is 14.2 Å². The Morgan fingerprint density at radius 1 is 1.14 bits per heavy atom. The second-order valence-corrected chi connectivity index (χ2v) is 6.31. The molecular formula is C17H17N7O4. The lowest BCUT2D eigenvalue weighted by Crippen LogP contribution is -2.49. The number of anilines is 1. The molecule has 0 spiro atoms. The average molecular weight is 383 g/mol. The predicted octanol–water partition coefficient (Wildman–Crippen LogP) is 1.43. The highest BCUT2D eigenvalue weighted by molar-refractivity contribution is 5.92. The highest BCUT2D eigenvalue weighted by Gasteiger charge is 2.26. The molecule has 4 rings (SSSR count). The minimum absolute atomic E-state index is 0.0291. The van der Waals surface area contributed by atoms with Crippen LogP contribution in [0.5, 0.6) is 0 Å². The molecule has 0 bridgehead atoms. The first-order valence-electron chi connectivity index (χ1n) is 8.64. The second kappa shape index (κ2) is 7.10. The fourth-order valence-electron chi connectivity index (χ4n) is 3.01. The molecule has 4 heterocycles. The number of amides is 1. The van der Waals surface area contributed by atoms with Gasteiger partial charge in [-0.2, -0.15) is 5.10 Å². The van der Waals surface area contributed by atoms with Crippen LogP contribution in [-0.4, -0.2) is 61.7 Å². The molecule has 0 aliphatic carbocycles. The van der Waals surface area contributed by atoms with Gasteiger partial charge in [-0.05, 0) is 19.1 Å². The van der Waals surface area contributed by atoms with Crippen molar-refractivity contribution in [3.63, 3.8) is 0 Å². The summed E-state index contributed by atoms with van der Waals surface area (Å²) in [5.74, 6) is 0.587. The molecule has 1 amide bonds. The first kappa shape index (κ1) is 17.6. The molecule has 144 valence electrons. The van der Waals surface area contributed by atoms with Crippen molar-refractivity contribution < 1.29 is 14.1 Å². The van der Waals surface area contributed by atoms with Crippen LogP contribution < -0.4 is 4.90 Å². The third-order valence-electron chi connectivity index (χ3n) is 4.47. The van der Waals surface area contributed by atoms with Gasteiger partial charge in [-0.3, -0.25) is 14.9 Å². The van der Waals surface area contributed by atoms with Crippen LogP contribution in [0.15, 0.2) is 41.2 Å². The van der Waals surface area contributed by atoms with E-state index in [1.165, 1.54) is 18.5 Å². The van der Waals surface area contributed by atoms with E-state index in [-0.39, 0.29) is 11.7 Å². The molecular weight excluding hydrogens is 366 g/mol. The minimum atomic E-state index is -0.664. The van der Waals surface area contributed by atoms with Gasteiger partial charge in [0.25, 0.3) is 5.91 Å². The molecule has 0 N–H and O–H groups in total. The van der Waals surface area contributed by atoms with E-state index in [1.807, 2.05) is 25.3 Å². The van der Waals surface area contributed by atoms with Crippen LogP contribution in [0.2, 0.25) is 0 Å². The van der Waals surface area contributed by atoms with Gasteiger partial charge in [-0.1, -0.05) is 0 Å². The van der Waals surface area contributed by atoms with E-state index in [0.29, 0.717) is 32.0 Å². The summed E-state index contributed by atoms with van der Waals surface area (Å²) in [5, 5.41) is 15.1. The number of nitro groups is 1. The summed E-state index contributed by atoms with van der Waals surface area (Å²) in [5.41, 5.74) is 0.894. The van der Waals surface area contributed by atoms with Crippen molar-refractivity contribution in [1.82, 2.24) is 24.6 Å². The van der Waals surface area contributed by atoms with Crippen molar-refractivity contribution >= 4 is 17.6 Å². The summed E-state index contributed by atoms with van der Waals surface area (Å²) in [6.45, 7) is 3.95. The highest BCUT2D eigenvalue weighted by atomic mass is 16.6. The van der Waals surface area contributed by atoms with Crippen LogP contribution in [-0.2, 0) is 0 Å². The van der Waals surface area contributed by atoms with Crippen LogP contribution in [0.1, 0.15) is 16.2 Å². The van der Waals surface area contributed by atoms with Gasteiger partial charge in [-0.25, -0.2) is 14.6 Å². The van der Waals surface area contributed by atoms with Gasteiger partial charge >= 0.3 is 5.88 Å². The van der Waals surface area contributed by atoms with Crippen molar-refractivity contribution in [2.75, 3.05) is 31.1 Å². The number of aryl methyl sites for hydroxylation is 1. The smallest absolute Gasteiger partial charge is 0.395 e. The summed E-state index contributed by atoms with van der Waals surface area (Å²) in [7, 11) is 0. The third-order valence-corrected chi connectivity index (χ3v) is 4.47. The van der Waals surface area contributed by atoms with E-state index in [1.54, 1.807) is 9.58 Å². The zero-order chi connectivity index (χ0) is 19.7. The zero-order valence-electron chi connectivity index (χ0n) is 15.1. The molecule has 1 aliphatic heterocycles. The topological polar surface area (TPSA) is 123 Å². The van der Waals surface area contributed by atoms with Gasteiger partial charge in [0.05, 0.1) is 11.8 Å². The van der Waals surface area contributed by atoms with Gasteiger partial charge in [0, 0.05) is 38.4 Å². The monoisotopic (exact) mass is 383 g/mol. The van der Waals surface area contributed by atoms with Crippen molar-refractivity contribution in [3.05, 3.63) is 58.4 Å². The van der Waals surface area contributed by atoms with Crippen LogP contribution in [0.25, 0.3) is 5.82 Å². The molecule has 0 atom stereocenters. The number of aromatic nitrogens is 4. The normalized spacial score (nSPS) is 14.3. The Kier molecular flexibility index (Phi) is 4.47. The molecule has 28 heavy (non-hydrogen) atoms. The summed E-state index contributed by atoms with van der Waals surface area (Å²) in [6.07, 6.45) is 3.32. The third kappa shape index (κ3) is 3.41. The lowest BCUT2D eigenvalue weighted by Gasteiger charge is -2.34. The number of hydrogen-bond acceptors (Lipinski definition) is 8. The maximum atomic E-state index is 12.5. The molecule has 0 radical (unpaired) electrons. The number of piperazine rings is 1. The number of nitrogens with zero attached hydrogens (tertiary/aromatic N) is 7. The standard InChI is InChI=1S/C17H17N7O4/c1-12-4-5-23(20-12)15-10-14(18-11-19-15)21-6-8-22(9-7-21)17(25)13-2-3-16(28-13)24(26)27/h2-5,10-11H,6-9H2,1H3. The van der Waals surface area contributed by atoms with Crippen molar-refractivity contribution in [2.45, 2.75) is 6.92 Å². The number of hydrogen-bond donors (Lipinski definition) is 0. The van der Waals surface area contributed by atoms with Crippen LogP contribution in [0.3, 0.4) is 0 Å². The Morgan fingerprint density at radius 2 is 1.89 bits per heavy atom. The van der Waals surface area contributed by atoms with E-state index < -0.39 is 10.8 Å². The van der Waals surface area contributed by atoms with Crippen LogP contribution in [0.4, 0.5) is 11.7 Å². The van der Waals surface area contributed by atoms with Gasteiger partial charge in [0.15, 0.2) is 11.6 Å². The quantitative estimate of drug-likeness (QED) is 0.490. The maximum Gasteiger partial charge on any atom is 0.433 e. The van der Waals surface area contributed by atoms with Gasteiger partial charge in [-0.15, -0.1) is 0 Å². The molecule has 0 aromatic carbocycles. The molecule has 11 nitrogen and oxygen atoms in total. The second-order valence-electron chi connectivity index (χ2n) is 6.31. The number of carbonyl (C=O) groups excluding carboxylic acids is 1. The summed E-state index contributed by atoms with van der Waals surface area (Å²) in [6, 6.07) is 6.25. The fraction of sp³-hybridized carbons (Fsp3) is 0.294. The van der Waals surface area contributed by atoms with Crippen molar-refractivity contribution in [2.24, 2.45) is 0 Å². The summed E-state index contributed by atoms with van der Waals surface area (Å²) >= 11 is 0. The lowest BCUT2D eigenvalue weighted by atomic mass is 10.3. The number of carbonyl (C=O) groups is 1. The largest absolute Gasteiger partial charge is 0.433 e. The van der Waals surface area contributed by atoms with Gasteiger partial charge in [0.2, 0.25) is 0 Å².